The van der Waals surface area contributed by atoms with Crippen molar-refractivity contribution >= 4 is 10.0 Å². The topological polar surface area (TPSA) is 81.2 Å². The molecule has 1 saturated heterocycles. The van der Waals surface area contributed by atoms with E-state index in [1.54, 1.807) is 15.9 Å². The number of nitrogens with zero attached hydrogens (tertiary/aromatic N) is 4. The first-order valence-electron chi connectivity index (χ1n) is 8.42. The van der Waals surface area contributed by atoms with Gasteiger partial charge in [-0.05, 0) is 33.6 Å². The molecule has 0 saturated carbocycles. The van der Waals surface area contributed by atoms with Crippen molar-refractivity contribution < 1.29 is 12.9 Å². The lowest BCUT2D eigenvalue weighted by Crippen LogP contribution is -2.35. The van der Waals surface area contributed by atoms with Crippen LogP contribution in [0.5, 0.6) is 0 Å². The zero-order chi connectivity index (χ0) is 17.3. The van der Waals surface area contributed by atoms with Crippen LogP contribution < -0.4 is 0 Å². The Morgan fingerprint density at radius 2 is 2.08 bits per heavy atom. The van der Waals surface area contributed by atoms with Crippen LogP contribution in [0.2, 0.25) is 0 Å². The summed E-state index contributed by atoms with van der Waals surface area (Å²) >= 11 is 0. The molecule has 0 unspecified atom stereocenters. The Labute approximate surface area is 142 Å². The fraction of sp³-hybridized carbons (Fsp3) is 0.625. The SMILES string of the molecule is CCn1ncc(S(=O)(=O)N2CCCCC[C@@H]2c2cc(C)on2)c1C. The van der Waals surface area contributed by atoms with E-state index in [1.807, 2.05) is 19.9 Å². The average Bonchev–Trinajstić information content (AvgIpc) is 3.04. The van der Waals surface area contributed by atoms with Crippen molar-refractivity contribution in [1.29, 1.82) is 0 Å². The van der Waals surface area contributed by atoms with Crippen LogP contribution in [0.1, 0.15) is 55.8 Å². The first-order chi connectivity index (χ1) is 11.4. The van der Waals surface area contributed by atoms with Crippen LogP contribution in [0.4, 0.5) is 0 Å². The molecule has 2 aromatic rings. The molecule has 0 aliphatic carbocycles. The van der Waals surface area contributed by atoms with E-state index in [0.717, 1.165) is 25.7 Å². The highest BCUT2D eigenvalue weighted by Crippen LogP contribution is 2.35. The smallest absolute Gasteiger partial charge is 0.247 e. The predicted octanol–water partition coefficient (Wildman–Crippen LogP) is 2.81. The van der Waals surface area contributed by atoms with Crippen molar-refractivity contribution in [2.75, 3.05) is 6.54 Å². The Balaban J connectivity index is 2.03. The second kappa shape index (κ2) is 6.68. The van der Waals surface area contributed by atoms with Crippen LogP contribution in [0.3, 0.4) is 0 Å². The third-order valence-electron chi connectivity index (χ3n) is 4.64. The van der Waals surface area contributed by atoms with Gasteiger partial charge in [-0.1, -0.05) is 18.0 Å². The van der Waals surface area contributed by atoms with Gasteiger partial charge in [0.2, 0.25) is 10.0 Å². The van der Waals surface area contributed by atoms with Gasteiger partial charge >= 0.3 is 0 Å². The summed E-state index contributed by atoms with van der Waals surface area (Å²) in [7, 11) is -3.63. The Kier molecular flexibility index (Phi) is 4.78. The largest absolute Gasteiger partial charge is 0.361 e. The highest BCUT2D eigenvalue weighted by molar-refractivity contribution is 7.89. The summed E-state index contributed by atoms with van der Waals surface area (Å²) in [5.41, 5.74) is 1.37. The summed E-state index contributed by atoms with van der Waals surface area (Å²) in [5.74, 6) is 0.696. The lowest BCUT2D eigenvalue weighted by molar-refractivity contribution is 0.304. The van der Waals surface area contributed by atoms with Gasteiger partial charge in [0, 0.05) is 19.2 Å². The Bertz CT molecular complexity index is 809. The minimum Gasteiger partial charge on any atom is -0.361 e. The van der Waals surface area contributed by atoms with Gasteiger partial charge in [-0.2, -0.15) is 9.40 Å². The summed E-state index contributed by atoms with van der Waals surface area (Å²) in [5, 5.41) is 8.28. The van der Waals surface area contributed by atoms with E-state index in [-0.39, 0.29) is 10.9 Å². The average molecular weight is 352 g/mol. The van der Waals surface area contributed by atoms with Crippen molar-refractivity contribution in [3.63, 3.8) is 0 Å². The molecule has 1 atom stereocenters. The maximum absolute atomic E-state index is 13.3. The van der Waals surface area contributed by atoms with Crippen molar-refractivity contribution in [2.45, 2.75) is 63.9 Å². The highest BCUT2D eigenvalue weighted by atomic mass is 32.2. The van der Waals surface area contributed by atoms with Gasteiger partial charge in [-0.3, -0.25) is 4.68 Å². The molecule has 1 aliphatic heterocycles. The summed E-state index contributed by atoms with van der Waals surface area (Å²) in [6.07, 6.45) is 5.08. The second-order valence-corrected chi connectivity index (χ2v) is 8.11. The van der Waals surface area contributed by atoms with Crippen LogP contribution >= 0.6 is 0 Å². The van der Waals surface area contributed by atoms with E-state index in [9.17, 15) is 8.42 Å². The molecule has 0 radical (unpaired) electrons. The third kappa shape index (κ3) is 3.00. The zero-order valence-electron chi connectivity index (χ0n) is 14.4. The molecular weight excluding hydrogens is 328 g/mol. The molecule has 8 heteroatoms. The van der Waals surface area contributed by atoms with Gasteiger partial charge in [-0.15, -0.1) is 0 Å². The molecule has 24 heavy (non-hydrogen) atoms. The van der Waals surface area contributed by atoms with Crippen molar-refractivity contribution in [3.05, 3.63) is 29.4 Å². The molecule has 0 bridgehead atoms. The first kappa shape index (κ1) is 17.2. The van der Waals surface area contributed by atoms with Gasteiger partial charge < -0.3 is 4.52 Å². The molecule has 0 spiro atoms. The van der Waals surface area contributed by atoms with E-state index < -0.39 is 10.0 Å². The first-order valence-corrected chi connectivity index (χ1v) is 9.86. The maximum atomic E-state index is 13.3. The standard InChI is InChI=1S/C16H24N4O3S/c1-4-19-13(3)16(11-17-19)24(21,22)20-9-7-5-6-8-15(20)14-10-12(2)23-18-14/h10-11,15H,4-9H2,1-3H3/t15-/m1/s1. The normalized spacial score (nSPS) is 20.2. The van der Waals surface area contributed by atoms with E-state index in [4.69, 9.17) is 4.52 Å². The molecule has 132 valence electrons. The third-order valence-corrected chi connectivity index (χ3v) is 6.65. The summed E-state index contributed by atoms with van der Waals surface area (Å²) in [4.78, 5) is 0.288. The zero-order valence-corrected chi connectivity index (χ0v) is 15.2. The monoisotopic (exact) mass is 352 g/mol. The van der Waals surface area contributed by atoms with Crippen molar-refractivity contribution in [2.24, 2.45) is 0 Å². The predicted molar refractivity (Wildman–Crippen MR) is 89.0 cm³/mol. The Morgan fingerprint density at radius 3 is 2.71 bits per heavy atom. The lowest BCUT2D eigenvalue weighted by Gasteiger charge is -2.27. The van der Waals surface area contributed by atoms with Crippen LogP contribution in [0, 0.1) is 13.8 Å². The van der Waals surface area contributed by atoms with E-state index in [2.05, 4.69) is 10.3 Å². The van der Waals surface area contributed by atoms with Crippen molar-refractivity contribution in [1.82, 2.24) is 19.2 Å². The van der Waals surface area contributed by atoms with Gasteiger partial charge in [-0.25, -0.2) is 8.42 Å². The number of aromatic nitrogens is 3. The quantitative estimate of drug-likeness (QED) is 0.845. The van der Waals surface area contributed by atoms with Crippen LogP contribution in [0.25, 0.3) is 0 Å². The van der Waals surface area contributed by atoms with E-state index >= 15 is 0 Å². The minimum atomic E-state index is -3.63. The molecule has 1 fully saturated rings. The second-order valence-electron chi connectivity index (χ2n) is 6.25. The van der Waals surface area contributed by atoms with Gasteiger partial charge in [0.05, 0.1) is 17.9 Å². The number of hydrogen-bond acceptors (Lipinski definition) is 5. The van der Waals surface area contributed by atoms with Crippen LogP contribution in [-0.2, 0) is 16.6 Å². The van der Waals surface area contributed by atoms with Crippen molar-refractivity contribution in [3.8, 4) is 0 Å². The molecule has 3 heterocycles. The summed E-state index contributed by atoms with van der Waals surface area (Å²) in [6.45, 7) is 6.71. The number of hydrogen-bond donors (Lipinski definition) is 0. The van der Waals surface area contributed by atoms with Gasteiger partial charge in [0.15, 0.2) is 0 Å². The number of sulfonamides is 1. The molecular formula is C16H24N4O3S. The molecule has 7 nitrogen and oxygen atoms in total. The Morgan fingerprint density at radius 1 is 1.29 bits per heavy atom. The fourth-order valence-electron chi connectivity index (χ4n) is 3.34. The molecule has 0 amide bonds. The lowest BCUT2D eigenvalue weighted by atomic mass is 10.1. The molecule has 2 aromatic heterocycles. The van der Waals surface area contributed by atoms with Crippen LogP contribution in [-0.4, -0.2) is 34.2 Å². The molecule has 1 aliphatic rings. The van der Waals surface area contributed by atoms with E-state index in [0.29, 0.717) is 30.2 Å². The highest BCUT2D eigenvalue weighted by Gasteiger charge is 2.36. The maximum Gasteiger partial charge on any atom is 0.247 e. The fourth-order valence-corrected chi connectivity index (χ4v) is 5.17. The molecule has 0 N–H and O–H groups in total. The Hall–Kier alpha value is -1.67. The van der Waals surface area contributed by atoms with Gasteiger partial charge in [0.25, 0.3) is 0 Å². The molecule has 3 rings (SSSR count). The summed E-state index contributed by atoms with van der Waals surface area (Å²) in [6, 6.07) is 1.56. The molecule has 0 aromatic carbocycles. The number of aryl methyl sites for hydroxylation is 2. The number of rotatable bonds is 4. The van der Waals surface area contributed by atoms with Gasteiger partial charge in [0.1, 0.15) is 16.3 Å². The van der Waals surface area contributed by atoms with Crippen LogP contribution in [0.15, 0.2) is 21.7 Å². The minimum absolute atomic E-state index is 0.278. The van der Waals surface area contributed by atoms with E-state index in [1.165, 1.54) is 6.20 Å². The summed E-state index contributed by atoms with van der Waals surface area (Å²) < 4.78 is 35.1.